The summed E-state index contributed by atoms with van der Waals surface area (Å²) in [7, 11) is 1.92. The zero-order valence-electron chi connectivity index (χ0n) is 10.8. The van der Waals surface area contributed by atoms with Crippen LogP contribution in [0.3, 0.4) is 0 Å². The van der Waals surface area contributed by atoms with Crippen molar-refractivity contribution in [2.24, 2.45) is 5.92 Å². The van der Waals surface area contributed by atoms with Crippen molar-refractivity contribution in [3.8, 4) is 11.8 Å². The molecule has 0 radical (unpaired) electrons. The fraction of sp³-hybridized carbons (Fsp3) is 0.538. The molecule has 0 N–H and O–H groups in total. The standard InChI is InChI=1S/C13H19N3O/c1-10(2)17-12-6-5-7-15-13(12)16(4)9-11(3)8-14/h5-7,10-11H,9H2,1-4H3. The maximum absolute atomic E-state index is 8.82. The molecule has 0 fully saturated rings. The summed E-state index contributed by atoms with van der Waals surface area (Å²) in [4.78, 5) is 6.26. The second kappa shape index (κ2) is 6.09. The quantitative estimate of drug-likeness (QED) is 0.784. The van der Waals surface area contributed by atoms with E-state index in [4.69, 9.17) is 10.00 Å². The van der Waals surface area contributed by atoms with Gasteiger partial charge in [0.05, 0.1) is 18.1 Å². The zero-order chi connectivity index (χ0) is 12.8. The van der Waals surface area contributed by atoms with Crippen LogP contribution >= 0.6 is 0 Å². The highest BCUT2D eigenvalue weighted by Gasteiger charge is 2.13. The van der Waals surface area contributed by atoms with Crippen LogP contribution in [0.4, 0.5) is 5.82 Å². The Hall–Kier alpha value is -1.76. The fourth-order valence-corrected chi connectivity index (χ4v) is 1.55. The van der Waals surface area contributed by atoms with Crippen LogP contribution in [0, 0.1) is 17.2 Å². The molecule has 0 aliphatic rings. The van der Waals surface area contributed by atoms with E-state index >= 15 is 0 Å². The van der Waals surface area contributed by atoms with Crippen LogP contribution in [0.15, 0.2) is 18.3 Å². The van der Waals surface area contributed by atoms with Gasteiger partial charge in [-0.05, 0) is 32.9 Å². The summed E-state index contributed by atoms with van der Waals surface area (Å²) in [5.74, 6) is 1.51. The van der Waals surface area contributed by atoms with Gasteiger partial charge in [-0.25, -0.2) is 4.98 Å². The molecular weight excluding hydrogens is 214 g/mol. The molecule has 0 bridgehead atoms. The third-order valence-corrected chi connectivity index (χ3v) is 2.24. The van der Waals surface area contributed by atoms with Gasteiger partial charge in [-0.1, -0.05) is 0 Å². The van der Waals surface area contributed by atoms with Gasteiger partial charge in [0.25, 0.3) is 0 Å². The number of ether oxygens (including phenoxy) is 1. The van der Waals surface area contributed by atoms with Gasteiger partial charge in [-0.3, -0.25) is 0 Å². The molecule has 0 aliphatic carbocycles. The first-order valence-electron chi connectivity index (χ1n) is 5.77. The molecular formula is C13H19N3O. The molecule has 4 nitrogen and oxygen atoms in total. The van der Waals surface area contributed by atoms with Crippen LogP contribution in [0.5, 0.6) is 5.75 Å². The number of pyridine rings is 1. The summed E-state index contributed by atoms with van der Waals surface area (Å²) in [5.41, 5.74) is 0. The number of nitriles is 1. The van der Waals surface area contributed by atoms with E-state index in [2.05, 4.69) is 11.1 Å². The molecule has 0 amide bonds. The van der Waals surface area contributed by atoms with Crippen LogP contribution in [0.25, 0.3) is 0 Å². The molecule has 0 aromatic carbocycles. The Morgan fingerprint density at radius 3 is 2.76 bits per heavy atom. The lowest BCUT2D eigenvalue weighted by atomic mass is 10.2. The molecule has 0 aliphatic heterocycles. The fourth-order valence-electron chi connectivity index (χ4n) is 1.55. The Labute approximate surface area is 103 Å². The molecule has 1 unspecified atom stereocenters. The molecule has 1 aromatic rings. The third-order valence-electron chi connectivity index (χ3n) is 2.24. The SMILES string of the molecule is CC(C#N)CN(C)c1ncccc1OC(C)C. The number of hydrogen-bond donors (Lipinski definition) is 0. The Bertz CT molecular complexity index is 398. The lowest BCUT2D eigenvalue weighted by Crippen LogP contribution is -2.25. The van der Waals surface area contributed by atoms with Crippen molar-refractivity contribution in [3.63, 3.8) is 0 Å². The van der Waals surface area contributed by atoms with Gasteiger partial charge in [0, 0.05) is 19.8 Å². The van der Waals surface area contributed by atoms with E-state index in [1.807, 2.05) is 44.9 Å². The van der Waals surface area contributed by atoms with Crippen molar-refractivity contribution < 1.29 is 4.74 Å². The molecule has 1 rings (SSSR count). The summed E-state index contributed by atoms with van der Waals surface area (Å²) in [6.45, 7) is 6.49. The first kappa shape index (κ1) is 13.3. The maximum atomic E-state index is 8.82. The van der Waals surface area contributed by atoms with E-state index in [-0.39, 0.29) is 12.0 Å². The first-order valence-corrected chi connectivity index (χ1v) is 5.77. The van der Waals surface area contributed by atoms with Crippen LogP contribution in [0.2, 0.25) is 0 Å². The van der Waals surface area contributed by atoms with E-state index in [0.29, 0.717) is 6.54 Å². The average Bonchev–Trinajstić information content (AvgIpc) is 2.28. The van der Waals surface area contributed by atoms with Gasteiger partial charge in [0.2, 0.25) is 0 Å². The summed E-state index contributed by atoms with van der Waals surface area (Å²) < 4.78 is 5.69. The minimum atomic E-state index is -0.0334. The topological polar surface area (TPSA) is 49.2 Å². The van der Waals surface area contributed by atoms with Crippen LogP contribution in [-0.2, 0) is 0 Å². The van der Waals surface area contributed by atoms with Gasteiger partial charge >= 0.3 is 0 Å². The van der Waals surface area contributed by atoms with Gasteiger partial charge in [-0.2, -0.15) is 5.26 Å². The molecule has 92 valence electrons. The van der Waals surface area contributed by atoms with Gasteiger partial charge in [0.1, 0.15) is 0 Å². The highest BCUT2D eigenvalue weighted by atomic mass is 16.5. The predicted molar refractivity (Wildman–Crippen MR) is 68.0 cm³/mol. The molecule has 1 atom stereocenters. The predicted octanol–water partition coefficient (Wildman–Crippen LogP) is 2.46. The summed E-state index contributed by atoms with van der Waals surface area (Å²) >= 11 is 0. The molecule has 0 saturated heterocycles. The lowest BCUT2D eigenvalue weighted by Gasteiger charge is -2.22. The largest absolute Gasteiger partial charge is 0.487 e. The van der Waals surface area contributed by atoms with E-state index < -0.39 is 0 Å². The Morgan fingerprint density at radius 2 is 2.18 bits per heavy atom. The van der Waals surface area contributed by atoms with Crippen molar-refractivity contribution in [3.05, 3.63) is 18.3 Å². The van der Waals surface area contributed by atoms with Crippen molar-refractivity contribution in [2.45, 2.75) is 26.9 Å². The Morgan fingerprint density at radius 1 is 1.47 bits per heavy atom. The van der Waals surface area contributed by atoms with Gasteiger partial charge in [0.15, 0.2) is 11.6 Å². The molecule has 0 saturated carbocycles. The third kappa shape index (κ3) is 3.95. The number of hydrogen-bond acceptors (Lipinski definition) is 4. The normalized spacial score (nSPS) is 12.0. The van der Waals surface area contributed by atoms with E-state index in [9.17, 15) is 0 Å². The summed E-state index contributed by atoms with van der Waals surface area (Å²) in [5, 5.41) is 8.82. The molecule has 0 spiro atoms. The maximum Gasteiger partial charge on any atom is 0.171 e. The van der Waals surface area contributed by atoms with E-state index in [0.717, 1.165) is 11.6 Å². The molecule has 1 aromatic heterocycles. The molecule has 4 heteroatoms. The van der Waals surface area contributed by atoms with Gasteiger partial charge < -0.3 is 9.64 Å². The van der Waals surface area contributed by atoms with Crippen molar-refractivity contribution in [1.29, 1.82) is 5.26 Å². The van der Waals surface area contributed by atoms with Crippen LogP contribution in [0.1, 0.15) is 20.8 Å². The lowest BCUT2D eigenvalue weighted by molar-refractivity contribution is 0.242. The molecule has 17 heavy (non-hydrogen) atoms. The number of anilines is 1. The minimum Gasteiger partial charge on any atom is -0.487 e. The van der Waals surface area contributed by atoms with E-state index in [1.54, 1.807) is 6.20 Å². The number of aromatic nitrogens is 1. The van der Waals surface area contributed by atoms with Gasteiger partial charge in [-0.15, -0.1) is 0 Å². The number of nitrogens with zero attached hydrogens (tertiary/aromatic N) is 3. The minimum absolute atomic E-state index is 0.0334. The van der Waals surface area contributed by atoms with E-state index in [1.165, 1.54) is 0 Å². The summed E-state index contributed by atoms with van der Waals surface area (Å²) in [6, 6.07) is 5.96. The van der Waals surface area contributed by atoms with Crippen molar-refractivity contribution in [2.75, 3.05) is 18.5 Å². The smallest absolute Gasteiger partial charge is 0.171 e. The van der Waals surface area contributed by atoms with Crippen LogP contribution in [-0.4, -0.2) is 24.7 Å². The average molecular weight is 233 g/mol. The summed E-state index contributed by atoms with van der Waals surface area (Å²) in [6.07, 6.45) is 1.84. The van der Waals surface area contributed by atoms with Crippen LogP contribution < -0.4 is 9.64 Å². The Kier molecular flexibility index (Phi) is 4.77. The second-order valence-corrected chi connectivity index (χ2v) is 4.40. The van der Waals surface area contributed by atoms with Crippen molar-refractivity contribution >= 4 is 5.82 Å². The molecule has 1 heterocycles. The highest BCUT2D eigenvalue weighted by Crippen LogP contribution is 2.25. The number of rotatable bonds is 5. The second-order valence-electron chi connectivity index (χ2n) is 4.40. The highest BCUT2D eigenvalue weighted by molar-refractivity contribution is 5.51. The first-order chi connectivity index (χ1) is 8.04. The monoisotopic (exact) mass is 233 g/mol. The van der Waals surface area contributed by atoms with Crippen molar-refractivity contribution in [1.82, 2.24) is 4.98 Å². The zero-order valence-corrected chi connectivity index (χ0v) is 10.8. The Balaban J connectivity index is 2.85.